The molecule has 10 aromatic carbocycles. The molecule has 0 unspecified atom stereocenters. The van der Waals surface area contributed by atoms with Crippen molar-refractivity contribution in [1.82, 2.24) is 0 Å². The minimum Gasteiger partial charge on any atom is -0.310 e. The maximum atomic E-state index is 2.52. The summed E-state index contributed by atoms with van der Waals surface area (Å²) in [6, 6.07) is 85.1. The Labute approximate surface area is 376 Å². The number of fused-ring (bicyclic) bond motifs is 7. The first-order chi connectivity index (χ1) is 31.7. The molecular weight excluding hydrogens is 773 g/mol. The van der Waals surface area contributed by atoms with Crippen LogP contribution in [-0.4, -0.2) is 0 Å². The lowest BCUT2D eigenvalue weighted by atomic mass is 9.68. The highest BCUT2D eigenvalue weighted by Gasteiger charge is 2.43. The molecule has 0 aromatic heterocycles. The molecule has 2 heteroatoms. The van der Waals surface area contributed by atoms with E-state index in [1.165, 1.54) is 104 Å². The summed E-state index contributed by atoms with van der Waals surface area (Å²) in [6.45, 7) is 0. The van der Waals surface area contributed by atoms with Crippen LogP contribution in [-0.2, 0) is 5.41 Å². The zero-order valence-corrected chi connectivity index (χ0v) is 35.9. The molecule has 0 bridgehead atoms. The van der Waals surface area contributed by atoms with Gasteiger partial charge in [-0.3, -0.25) is 0 Å². The summed E-state index contributed by atoms with van der Waals surface area (Å²) in [5, 5.41) is 4.91. The third-order valence-corrected chi connectivity index (χ3v) is 14.0. The molecule has 0 aliphatic heterocycles. The SMILES string of the molecule is c1ccc(-c2ccc(N(c3ccc(-c4ccc(N(c5ccc6ccccc6c5)c5cccc6ccccc56)cc4)cc3)c3ccc4c(c3)C3(CCCCC3)c3ccccc3-4)cc2)cc1. The van der Waals surface area contributed by atoms with Gasteiger partial charge in [0.2, 0.25) is 0 Å². The predicted octanol–water partition coefficient (Wildman–Crippen LogP) is 17.5. The van der Waals surface area contributed by atoms with Gasteiger partial charge in [0.15, 0.2) is 0 Å². The summed E-state index contributed by atoms with van der Waals surface area (Å²) in [5.41, 5.74) is 17.6. The molecule has 0 atom stereocenters. The highest BCUT2D eigenvalue weighted by atomic mass is 15.1. The Kier molecular flexibility index (Phi) is 9.45. The van der Waals surface area contributed by atoms with Crippen LogP contribution in [0.15, 0.2) is 231 Å². The maximum Gasteiger partial charge on any atom is 0.0540 e. The van der Waals surface area contributed by atoms with E-state index in [-0.39, 0.29) is 5.41 Å². The molecule has 306 valence electrons. The minimum atomic E-state index is 0.0799. The van der Waals surface area contributed by atoms with E-state index in [4.69, 9.17) is 0 Å². The van der Waals surface area contributed by atoms with Gasteiger partial charge in [-0.1, -0.05) is 183 Å². The number of anilines is 6. The standard InChI is InChI=1S/C62H48N2/c1-3-14-44(15-4-1)46-24-31-51(32-25-46)63(55-38-39-58-57-21-9-10-22-59(57)62(60(58)43-55)40-11-2-12-41-62)52-33-26-47(27-34-52)48-28-35-53(36-29-48)64(54-37-30-45-16-5-6-18-50(45)42-54)61-23-13-19-49-17-7-8-20-56(49)61/h1,3-10,13-39,42-43H,2,11-12,40-41H2. The fraction of sp³-hybridized carbons (Fsp3) is 0.0968. The summed E-state index contributed by atoms with van der Waals surface area (Å²) in [4.78, 5) is 4.85. The second-order valence-electron chi connectivity index (χ2n) is 17.6. The molecule has 2 aliphatic carbocycles. The molecule has 0 amide bonds. The normalized spacial score (nSPS) is 13.8. The Hall–Kier alpha value is -7.68. The van der Waals surface area contributed by atoms with Crippen molar-refractivity contribution < 1.29 is 0 Å². The second kappa shape index (κ2) is 15.9. The topological polar surface area (TPSA) is 6.48 Å². The van der Waals surface area contributed by atoms with Gasteiger partial charge in [-0.25, -0.2) is 0 Å². The van der Waals surface area contributed by atoms with Crippen molar-refractivity contribution >= 4 is 55.7 Å². The molecule has 1 spiro atoms. The first-order valence-electron chi connectivity index (χ1n) is 22.9. The van der Waals surface area contributed by atoms with E-state index in [0.29, 0.717) is 0 Å². The Bertz CT molecular complexity index is 3280. The van der Waals surface area contributed by atoms with Gasteiger partial charge in [0.25, 0.3) is 0 Å². The van der Waals surface area contributed by atoms with Crippen LogP contribution >= 0.6 is 0 Å². The van der Waals surface area contributed by atoms with Gasteiger partial charge in [-0.15, -0.1) is 0 Å². The lowest BCUT2D eigenvalue weighted by Gasteiger charge is -2.36. The zero-order chi connectivity index (χ0) is 42.5. The van der Waals surface area contributed by atoms with E-state index in [1.807, 2.05) is 0 Å². The quantitative estimate of drug-likeness (QED) is 0.151. The van der Waals surface area contributed by atoms with E-state index < -0.39 is 0 Å². The minimum absolute atomic E-state index is 0.0799. The fourth-order valence-corrected chi connectivity index (χ4v) is 10.9. The van der Waals surface area contributed by atoms with Crippen LogP contribution in [0.2, 0.25) is 0 Å². The van der Waals surface area contributed by atoms with Crippen LogP contribution in [0.25, 0.3) is 54.9 Å². The highest BCUT2D eigenvalue weighted by Crippen LogP contribution is 2.57. The number of benzene rings is 10. The summed E-state index contributed by atoms with van der Waals surface area (Å²) >= 11 is 0. The molecule has 2 aliphatic rings. The van der Waals surface area contributed by atoms with Crippen LogP contribution < -0.4 is 9.80 Å². The Morgan fingerprint density at radius 2 is 0.797 bits per heavy atom. The van der Waals surface area contributed by atoms with Crippen LogP contribution in [0.5, 0.6) is 0 Å². The molecule has 1 saturated carbocycles. The summed E-state index contributed by atoms with van der Waals surface area (Å²) in [6.07, 6.45) is 6.29. The molecule has 1 fully saturated rings. The number of hydrogen-bond donors (Lipinski definition) is 0. The average molecular weight is 821 g/mol. The van der Waals surface area contributed by atoms with Gasteiger partial charge in [-0.2, -0.15) is 0 Å². The monoisotopic (exact) mass is 820 g/mol. The molecule has 0 heterocycles. The molecule has 12 rings (SSSR count). The van der Waals surface area contributed by atoms with Crippen molar-refractivity contribution in [2.45, 2.75) is 37.5 Å². The second-order valence-corrected chi connectivity index (χ2v) is 17.6. The van der Waals surface area contributed by atoms with E-state index in [2.05, 4.69) is 240 Å². The van der Waals surface area contributed by atoms with Crippen LogP contribution in [0.4, 0.5) is 34.1 Å². The smallest absolute Gasteiger partial charge is 0.0540 e. The number of nitrogens with zero attached hydrogens (tertiary/aromatic N) is 2. The Morgan fingerprint density at radius 3 is 1.50 bits per heavy atom. The number of hydrogen-bond acceptors (Lipinski definition) is 2. The van der Waals surface area contributed by atoms with Crippen molar-refractivity contribution in [3.8, 4) is 33.4 Å². The lowest BCUT2D eigenvalue weighted by molar-refractivity contribution is 0.353. The summed E-state index contributed by atoms with van der Waals surface area (Å²) in [7, 11) is 0. The molecule has 0 radical (unpaired) electrons. The highest BCUT2D eigenvalue weighted by molar-refractivity contribution is 6.00. The van der Waals surface area contributed by atoms with Gasteiger partial charge in [0.05, 0.1) is 5.69 Å². The Balaban J connectivity index is 0.921. The van der Waals surface area contributed by atoms with E-state index >= 15 is 0 Å². The third-order valence-electron chi connectivity index (χ3n) is 14.0. The van der Waals surface area contributed by atoms with Gasteiger partial charge in [0, 0.05) is 39.2 Å². The zero-order valence-electron chi connectivity index (χ0n) is 35.9. The van der Waals surface area contributed by atoms with Crippen molar-refractivity contribution in [3.63, 3.8) is 0 Å². The number of rotatable bonds is 8. The van der Waals surface area contributed by atoms with E-state index in [1.54, 1.807) is 0 Å². The van der Waals surface area contributed by atoms with Gasteiger partial charge in [-0.05, 0) is 140 Å². The van der Waals surface area contributed by atoms with Gasteiger partial charge >= 0.3 is 0 Å². The molecule has 0 saturated heterocycles. The van der Waals surface area contributed by atoms with Crippen molar-refractivity contribution in [2.75, 3.05) is 9.80 Å². The van der Waals surface area contributed by atoms with Crippen molar-refractivity contribution in [1.29, 1.82) is 0 Å². The average Bonchev–Trinajstić information content (AvgIpc) is 3.63. The Morgan fingerprint density at radius 1 is 0.297 bits per heavy atom. The first kappa shape index (κ1) is 38.0. The third kappa shape index (κ3) is 6.57. The lowest BCUT2D eigenvalue weighted by Crippen LogP contribution is -2.28. The van der Waals surface area contributed by atoms with Crippen molar-refractivity contribution in [2.24, 2.45) is 0 Å². The maximum absolute atomic E-state index is 2.52. The molecule has 2 nitrogen and oxygen atoms in total. The largest absolute Gasteiger partial charge is 0.310 e. The summed E-state index contributed by atoms with van der Waals surface area (Å²) < 4.78 is 0. The summed E-state index contributed by atoms with van der Waals surface area (Å²) in [5.74, 6) is 0. The predicted molar refractivity (Wildman–Crippen MR) is 271 cm³/mol. The van der Waals surface area contributed by atoms with E-state index in [9.17, 15) is 0 Å². The van der Waals surface area contributed by atoms with Crippen LogP contribution in [0, 0.1) is 0 Å². The van der Waals surface area contributed by atoms with Gasteiger partial charge < -0.3 is 9.80 Å². The van der Waals surface area contributed by atoms with Gasteiger partial charge in [0.1, 0.15) is 0 Å². The van der Waals surface area contributed by atoms with Crippen LogP contribution in [0.1, 0.15) is 43.2 Å². The molecular formula is C62H48N2. The van der Waals surface area contributed by atoms with Crippen molar-refractivity contribution in [3.05, 3.63) is 242 Å². The molecule has 64 heavy (non-hydrogen) atoms. The molecule has 10 aromatic rings. The first-order valence-corrected chi connectivity index (χ1v) is 22.9. The molecule has 0 N–H and O–H groups in total. The van der Waals surface area contributed by atoms with Crippen LogP contribution in [0.3, 0.4) is 0 Å². The van der Waals surface area contributed by atoms with E-state index in [0.717, 1.165) is 28.4 Å². The fourth-order valence-electron chi connectivity index (χ4n) is 10.9.